The second kappa shape index (κ2) is 5.04. The highest BCUT2D eigenvalue weighted by Crippen LogP contribution is 2.21. The summed E-state index contributed by atoms with van der Waals surface area (Å²) in [7, 11) is 1.69. The molecule has 1 amide bonds. The standard InChI is InChI=1S/C12H23NO3/c1-9-6-7-10(15-5)8-13(9)11(14)16-12(2,3)4/h9-10H,6-8H2,1-5H3/t9-,10-/m1/s1. The number of likely N-dealkylation sites (tertiary alicyclic amines) is 1. The van der Waals surface area contributed by atoms with E-state index in [1.165, 1.54) is 0 Å². The molecule has 0 N–H and O–H groups in total. The molecule has 0 aromatic carbocycles. The zero-order valence-corrected chi connectivity index (χ0v) is 10.9. The average molecular weight is 229 g/mol. The number of hydrogen-bond acceptors (Lipinski definition) is 3. The summed E-state index contributed by atoms with van der Waals surface area (Å²) in [4.78, 5) is 13.7. The Hall–Kier alpha value is -0.770. The van der Waals surface area contributed by atoms with Crippen molar-refractivity contribution in [3.63, 3.8) is 0 Å². The predicted molar refractivity (Wildman–Crippen MR) is 62.4 cm³/mol. The molecule has 0 aliphatic carbocycles. The van der Waals surface area contributed by atoms with Crippen LogP contribution < -0.4 is 0 Å². The molecule has 0 aromatic rings. The Morgan fingerprint density at radius 1 is 1.31 bits per heavy atom. The Labute approximate surface area is 97.9 Å². The van der Waals surface area contributed by atoms with E-state index >= 15 is 0 Å². The van der Waals surface area contributed by atoms with Crippen molar-refractivity contribution in [3.05, 3.63) is 0 Å². The van der Waals surface area contributed by atoms with Crippen molar-refractivity contribution in [2.45, 2.75) is 58.3 Å². The van der Waals surface area contributed by atoms with Crippen LogP contribution in [0.1, 0.15) is 40.5 Å². The van der Waals surface area contributed by atoms with E-state index in [9.17, 15) is 4.79 Å². The fraction of sp³-hybridized carbons (Fsp3) is 0.917. The van der Waals surface area contributed by atoms with Gasteiger partial charge in [0.2, 0.25) is 0 Å². The molecule has 2 atom stereocenters. The van der Waals surface area contributed by atoms with Crippen molar-refractivity contribution in [1.82, 2.24) is 4.90 Å². The van der Waals surface area contributed by atoms with Crippen LogP contribution in [0.2, 0.25) is 0 Å². The van der Waals surface area contributed by atoms with Crippen molar-refractivity contribution in [3.8, 4) is 0 Å². The minimum Gasteiger partial charge on any atom is -0.444 e. The third-order valence-electron chi connectivity index (χ3n) is 2.80. The van der Waals surface area contributed by atoms with Crippen LogP contribution in [-0.2, 0) is 9.47 Å². The van der Waals surface area contributed by atoms with Crippen LogP contribution in [0.25, 0.3) is 0 Å². The first-order valence-electron chi connectivity index (χ1n) is 5.86. The average Bonchev–Trinajstić information content (AvgIpc) is 2.15. The molecule has 1 rings (SSSR count). The molecule has 1 heterocycles. The Morgan fingerprint density at radius 3 is 2.44 bits per heavy atom. The summed E-state index contributed by atoms with van der Waals surface area (Å²) >= 11 is 0. The summed E-state index contributed by atoms with van der Waals surface area (Å²) in [6.45, 7) is 8.33. The molecule has 0 bridgehead atoms. The van der Waals surface area contributed by atoms with Crippen LogP contribution >= 0.6 is 0 Å². The second-order valence-electron chi connectivity index (χ2n) is 5.42. The number of carbonyl (C=O) groups is 1. The summed E-state index contributed by atoms with van der Waals surface area (Å²) in [5, 5.41) is 0. The molecule has 4 nitrogen and oxygen atoms in total. The van der Waals surface area contributed by atoms with Crippen LogP contribution in [0, 0.1) is 0 Å². The maximum absolute atomic E-state index is 11.9. The molecule has 0 unspecified atom stereocenters. The van der Waals surface area contributed by atoms with E-state index in [2.05, 4.69) is 6.92 Å². The van der Waals surface area contributed by atoms with E-state index < -0.39 is 5.60 Å². The molecular formula is C12H23NO3. The Morgan fingerprint density at radius 2 is 1.94 bits per heavy atom. The molecule has 16 heavy (non-hydrogen) atoms. The summed E-state index contributed by atoms with van der Waals surface area (Å²) in [5.74, 6) is 0. The van der Waals surface area contributed by atoms with Gasteiger partial charge in [0, 0.05) is 13.2 Å². The number of nitrogens with zero attached hydrogens (tertiary/aromatic N) is 1. The van der Waals surface area contributed by atoms with Gasteiger partial charge in [-0.05, 0) is 40.5 Å². The summed E-state index contributed by atoms with van der Waals surface area (Å²) in [5.41, 5.74) is -0.434. The predicted octanol–water partition coefficient (Wildman–Crippen LogP) is 2.42. The largest absolute Gasteiger partial charge is 0.444 e. The highest BCUT2D eigenvalue weighted by Gasteiger charge is 2.31. The summed E-state index contributed by atoms with van der Waals surface area (Å²) in [6.07, 6.45) is 1.89. The zero-order valence-electron chi connectivity index (χ0n) is 10.9. The fourth-order valence-corrected chi connectivity index (χ4v) is 1.84. The topological polar surface area (TPSA) is 38.8 Å². The lowest BCUT2D eigenvalue weighted by atomic mass is 10.0. The Balaban J connectivity index is 2.59. The van der Waals surface area contributed by atoms with Gasteiger partial charge in [0.1, 0.15) is 5.60 Å². The molecular weight excluding hydrogens is 206 g/mol. The van der Waals surface area contributed by atoms with Crippen LogP contribution in [0.3, 0.4) is 0 Å². The van der Waals surface area contributed by atoms with E-state index in [-0.39, 0.29) is 18.2 Å². The van der Waals surface area contributed by atoms with Gasteiger partial charge in [0.25, 0.3) is 0 Å². The lowest BCUT2D eigenvalue weighted by molar-refractivity contribution is -0.0205. The minimum absolute atomic E-state index is 0.142. The van der Waals surface area contributed by atoms with Crippen LogP contribution in [0.15, 0.2) is 0 Å². The van der Waals surface area contributed by atoms with E-state index in [0.717, 1.165) is 12.8 Å². The maximum Gasteiger partial charge on any atom is 0.410 e. The highest BCUT2D eigenvalue weighted by molar-refractivity contribution is 5.68. The number of amides is 1. The highest BCUT2D eigenvalue weighted by atomic mass is 16.6. The van der Waals surface area contributed by atoms with Gasteiger partial charge in [-0.15, -0.1) is 0 Å². The zero-order chi connectivity index (χ0) is 12.3. The van der Waals surface area contributed by atoms with Gasteiger partial charge >= 0.3 is 6.09 Å². The molecule has 0 aromatic heterocycles. The molecule has 0 spiro atoms. The molecule has 1 aliphatic rings. The number of hydrogen-bond donors (Lipinski definition) is 0. The van der Waals surface area contributed by atoms with Gasteiger partial charge in [-0.25, -0.2) is 4.79 Å². The molecule has 0 radical (unpaired) electrons. The monoisotopic (exact) mass is 229 g/mol. The maximum atomic E-state index is 11.9. The van der Waals surface area contributed by atoms with Gasteiger partial charge < -0.3 is 14.4 Å². The van der Waals surface area contributed by atoms with Gasteiger partial charge in [-0.1, -0.05) is 0 Å². The molecule has 0 saturated carbocycles. The van der Waals surface area contributed by atoms with Gasteiger partial charge in [0.05, 0.1) is 12.6 Å². The summed E-state index contributed by atoms with van der Waals surface area (Å²) in [6, 6.07) is 0.237. The smallest absolute Gasteiger partial charge is 0.410 e. The van der Waals surface area contributed by atoms with Crippen molar-refractivity contribution in [1.29, 1.82) is 0 Å². The fourth-order valence-electron chi connectivity index (χ4n) is 1.84. The number of carbonyl (C=O) groups excluding carboxylic acids is 1. The van der Waals surface area contributed by atoms with Gasteiger partial charge in [0.15, 0.2) is 0 Å². The molecule has 1 aliphatic heterocycles. The SMILES string of the molecule is CO[C@@H]1CC[C@@H](C)N(C(=O)OC(C)(C)C)C1. The van der Waals surface area contributed by atoms with Gasteiger partial charge in [-0.3, -0.25) is 0 Å². The van der Waals surface area contributed by atoms with E-state index in [4.69, 9.17) is 9.47 Å². The number of rotatable bonds is 1. The first kappa shape index (κ1) is 13.3. The van der Waals surface area contributed by atoms with Crippen molar-refractivity contribution in [2.24, 2.45) is 0 Å². The molecule has 94 valence electrons. The lowest BCUT2D eigenvalue weighted by Gasteiger charge is -2.38. The molecule has 1 fully saturated rings. The molecule has 1 saturated heterocycles. The van der Waals surface area contributed by atoms with Crippen molar-refractivity contribution < 1.29 is 14.3 Å². The second-order valence-corrected chi connectivity index (χ2v) is 5.42. The third-order valence-corrected chi connectivity index (χ3v) is 2.80. The number of piperidine rings is 1. The number of ether oxygens (including phenoxy) is 2. The first-order chi connectivity index (χ1) is 7.33. The van der Waals surface area contributed by atoms with Crippen LogP contribution in [0.5, 0.6) is 0 Å². The van der Waals surface area contributed by atoms with Gasteiger partial charge in [-0.2, -0.15) is 0 Å². The van der Waals surface area contributed by atoms with Crippen molar-refractivity contribution in [2.75, 3.05) is 13.7 Å². The van der Waals surface area contributed by atoms with Crippen molar-refractivity contribution >= 4 is 6.09 Å². The lowest BCUT2D eigenvalue weighted by Crippen LogP contribution is -2.49. The molecule has 4 heteroatoms. The summed E-state index contributed by atoms with van der Waals surface area (Å²) < 4.78 is 10.7. The van der Waals surface area contributed by atoms with E-state index in [1.54, 1.807) is 12.0 Å². The number of methoxy groups -OCH3 is 1. The normalized spacial score (nSPS) is 26.7. The first-order valence-corrected chi connectivity index (χ1v) is 5.86. The quantitative estimate of drug-likeness (QED) is 0.693. The van der Waals surface area contributed by atoms with E-state index in [0.29, 0.717) is 6.54 Å². The Kier molecular flexibility index (Phi) is 4.19. The van der Waals surface area contributed by atoms with Crippen LogP contribution in [0.4, 0.5) is 4.79 Å². The minimum atomic E-state index is -0.434. The van der Waals surface area contributed by atoms with Crippen LogP contribution in [-0.4, -0.2) is 42.4 Å². The Bertz CT molecular complexity index is 247. The third kappa shape index (κ3) is 3.67. The van der Waals surface area contributed by atoms with E-state index in [1.807, 2.05) is 20.8 Å².